The number of halogens is 1. The Morgan fingerprint density at radius 2 is 1.76 bits per heavy atom. The van der Waals surface area contributed by atoms with Crippen molar-refractivity contribution < 1.29 is 24.2 Å². The zero-order chi connectivity index (χ0) is 24.4. The van der Waals surface area contributed by atoms with E-state index in [1.807, 2.05) is 37.3 Å². The lowest BCUT2D eigenvalue weighted by Gasteiger charge is -2.15. The average molecular weight is 478 g/mol. The molecular weight excluding hydrogens is 454 g/mol. The number of aliphatic carboxylic acids is 1. The predicted octanol–water partition coefficient (Wildman–Crippen LogP) is 5.74. The Morgan fingerprint density at radius 3 is 2.44 bits per heavy atom. The number of para-hydroxylation sites is 1. The highest BCUT2D eigenvalue weighted by Crippen LogP contribution is 2.34. The second-order valence-corrected chi connectivity index (χ2v) is 8.41. The molecular formula is C27H24ClNO5. The topological polar surface area (TPSA) is 77.8 Å². The number of carboxylic acids is 1. The van der Waals surface area contributed by atoms with Crippen LogP contribution < -0.4 is 9.47 Å². The Labute approximate surface area is 202 Å². The average Bonchev–Trinajstić information content (AvgIpc) is 3.10. The van der Waals surface area contributed by atoms with Gasteiger partial charge in [-0.15, -0.1) is 0 Å². The van der Waals surface area contributed by atoms with Crippen molar-refractivity contribution in [3.63, 3.8) is 0 Å². The minimum atomic E-state index is -1.04. The van der Waals surface area contributed by atoms with Crippen LogP contribution in [0.4, 0.5) is 0 Å². The van der Waals surface area contributed by atoms with E-state index in [1.165, 1.54) is 6.92 Å². The number of hydrogen-bond donors (Lipinski definition) is 1. The molecule has 4 rings (SSSR count). The third-order valence-electron chi connectivity index (χ3n) is 5.83. The van der Waals surface area contributed by atoms with Gasteiger partial charge in [-0.3, -0.25) is 9.36 Å². The number of benzene rings is 3. The standard InChI is InChI=1S/C27H24ClNO5/c1-16-22(14-19-6-4-5-7-25(19)34-17(2)27(31)32)23-15-21(33-3)12-13-24(23)29(16)26(30)18-8-10-20(28)11-9-18/h4-13,15,17H,14H2,1-3H3,(H,31,32). The van der Waals surface area contributed by atoms with Crippen LogP contribution in [-0.2, 0) is 11.2 Å². The van der Waals surface area contributed by atoms with Crippen LogP contribution in [0.1, 0.15) is 34.1 Å². The van der Waals surface area contributed by atoms with E-state index in [2.05, 4.69) is 0 Å². The number of aromatic nitrogens is 1. The number of carbonyl (C=O) groups excluding carboxylic acids is 1. The highest BCUT2D eigenvalue weighted by Gasteiger charge is 2.22. The molecule has 1 unspecified atom stereocenters. The van der Waals surface area contributed by atoms with Crippen LogP contribution in [0, 0.1) is 6.92 Å². The van der Waals surface area contributed by atoms with E-state index in [0.29, 0.717) is 28.5 Å². The summed E-state index contributed by atoms with van der Waals surface area (Å²) >= 11 is 6.01. The molecule has 174 valence electrons. The molecule has 1 heterocycles. The smallest absolute Gasteiger partial charge is 0.344 e. The van der Waals surface area contributed by atoms with Crippen molar-refractivity contribution >= 4 is 34.4 Å². The number of methoxy groups -OCH3 is 1. The molecule has 1 aromatic heterocycles. The molecule has 3 aromatic carbocycles. The van der Waals surface area contributed by atoms with E-state index in [9.17, 15) is 14.7 Å². The molecule has 0 aliphatic rings. The van der Waals surface area contributed by atoms with E-state index >= 15 is 0 Å². The Balaban J connectivity index is 1.84. The molecule has 1 N–H and O–H groups in total. The maximum atomic E-state index is 13.5. The molecule has 0 radical (unpaired) electrons. The van der Waals surface area contributed by atoms with Gasteiger partial charge in [0, 0.05) is 28.1 Å². The second kappa shape index (κ2) is 9.61. The van der Waals surface area contributed by atoms with Crippen LogP contribution in [0.2, 0.25) is 5.02 Å². The van der Waals surface area contributed by atoms with Crippen molar-refractivity contribution in [3.8, 4) is 11.5 Å². The summed E-state index contributed by atoms with van der Waals surface area (Å²) in [5.41, 5.74) is 3.80. The summed E-state index contributed by atoms with van der Waals surface area (Å²) in [5.74, 6) is -0.0426. The Morgan fingerprint density at radius 1 is 1.06 bits per heavy atom. The highest BCUT2D eigenvalue weighted by atomic mass is 35.5. The number of carbonyl (C=O) groups is 2. The van der Waals surface area contributed by atoms with E-state index in [4.69, 9.17) is 21.1 Å². The normalized spacial score (nSPS) is 11.9. The molecule has 0 bridgehead atoms. The summed E-state index contributed by atoms with van der Waals surface area (Å²) < 4.78 is 12.8. The predicted molar refractivity (Wildman–Crippen MR) is 131 cm³/mol. The molecule has 34 heavy (non-hydrogen) atoms. The minimum absolute atomic E-state index is 0.167. The van der Waals surface area contributed by atoms with Gasteiger partial charge >= 0.3 is 5.97 Å². The van der Waals surface area contributed by atoms with Crippen LogP contribution in [0.5, 0.6) is 11.5 Å². The van der Waals surface area contributed by atoms with Crippen molar-refractivity contribution in [3.05, 3.63) is 94.1 Å². The largest absolute Gasteiger partial charge is 0.497 e. The number of carboxylic acid groups (broad SMARTS) is 1. The van der Waals surface area contributed by atoms with Gasteiger partial charge < -0.3 is 14.6 Å². The van der Waals surface area contributed by atoms with Crippen molar-refractivity contribution in [1.82, 2.24) is 4.57 Å². The van der Waals surface area contributed by atoms with Gasteiger partial charge in [-0.25, -0.2) is 4.79 Å². The van der Waals surface area contributed by atoms with Gasteiger partial charge in [0.25, 0.3) is 5.91 Å². The molecule has 6 nitrogen and oxygen atoms in total. The van der Waals surface area contributed by atoms with E-state index in [0.717, 1.165) is 27.7 Å². The van der Waals surface area contributed by atoms with Gasteiger partial charge in [0.15, 0.2) is 6.10 Å². The summed E-state index contributed by atoms with van der Waals surface area (Å²) in [6, 6.07) is 19.7. The molecule has 7 heteroatoms. The van der Waals surface area contributed by atoms with Crippen molar-refractivity contribution in [2.75, 3.05) is 7.11 Å². The van der Waals surface area contributed by atoms with Gasteiger partial charge in [0.05, 0.1) is 12.6 Å². The third-order valence-corrected chi connectivity index (χ3v) is 6.08. The first-order valence-electron chi connectivity index (χ1n) is 10.8. The molecule has 0 aliphatic heterocycles. The lowest BCUT2D eigenvalue weighted by atomic mass is 10.0. The van der Waals surface area contributed by atoms with Crippen LogP contribution in [0.25, 0.3) is 10.9 Å². The van der Waals surface area contributed by atoms with Crippen LogP contribution in [0.3, 0.4) is 0 Å². The number of nitrogens with zero attached hydrogens (tertiary/aromatic N) is 1. The summed E-state index contributed by atoms with van der Waals surface area (Å²) in [4.78, 5) is 24.8. The fourth-order valence-corrected chi connectivity index (χ4v) is 4.12. The molecule has 0 saturated carbocycles. The molecule has 1 atom stereocenters. The Kier molecular flexibility index (Phi) is 6.61. The number of fused-ring (bicyclic) bond motifs is 1. The summed E-state index contributed by atoms with van der Waals surface area (Å²) in [6.07, 6.45) is -0.547. The van der Waals surface area contributed by atoms with E-state index in [-0.39, 0.29) is 5.91 Å². The fourth-order valence-electron chi connectivity index (χ4n) is 3.99. The van der Waals surface area contributed by atoms with Crippen molar-refractivity contribution in [2.45, 2.75) is 26.4 Å². The number of ether oxygens (including phenoxy) is 2. The SMILES string of the molecule is COc1ccc2c(c1)c(Cc1ccccc1OC(C)C(=O)O)c(C)n2C(=O)c1ccc(Cl)cc1. The zero-order valence-corrected chi connectivity index (χ0v) is 19.8. The molecule has 0 aliphatic carbocycles. The Hall–Kier alpha value is -3.77. The maximum absolute atomic E-state index is 13.5. The lowest BCUT2D eigenvalue weighted by molar-refractivity contribution is -0.144. The first kappa shape index (κ1) is 23.4. The van der Waals surface area contributed by atoms with E-state index < -0.39 is 12.1 Å². The van der Waals surface area contributed by atoms with E-state index in [1.54, 1.807) is 48.1 Å². The monoisotopic (exact) mass is 477 g/mol. The van der Waals surface area contributed by atoms with Gasteiger partial charge in [-0.2, -0.15) is 0 Å². The Bertz CT molecular complexity index is 1370. The summed E-state index contributed by atoms with van der Waals surface area (Å²) in [7, 11) is 1.60. The first-order chi connectivity index (χ1) is 16.3. The quantitative estimate of drug-likeness (QED) is 0.367. The maximum Gasteiger partial charge on any atom is 0.344 e. The lowest BCUT2D eigenvalue weighted by Crippen LogP contribution is -2.23. The molecule has 0 amide bonds. The molecule has 4 aromatic rings. The van der Waals surface area contributed by atoms with Crippen LogP contribution in [-0.4, -0.2) is 34.8 Å². The minimum Gasteiger partial charge on any atom is -0.497 e. The third kappa shape index (κ3) is 4.50. The van der Waals surface area contributed by atoms with Gasteiger partial charge in [-0.1, -0.05) is 29.8 Å². The molecule has 0 fully saturated rings. The van der Waals surface area contributed by atoms with Gasteiger partial charge in [0.2, 0.25) is 0 Å². The summed E-state index contributed by atoms with van der Waals surface area (Å²) in [6.45, 7) is 3.39. The number of hydrogen-bond acceptors (Lipinski definition) is 4. The van der Waals surface area contributed by atoms with Crippen molar-refractivity contribution in [2.24, 2.45) is 0 Å². The van der Waals surface area contributed by atoms with Crippen LogP contribution >= 0.6 is 11.6 Å². The van der Waals surface area contributed by atoms with Crippen molar-refractivity contribution in [1.29, 1.82) is 0 Å². The second-order valence-electron chi connectivity index (χ2n) is 7.98. The highest BCUT2D eigenvalue weighted by molar-refractivity contribution is 6.30. The number of rotatable bonds is 7. The zero-order valence-electron chi connectivity index (χ0n) is 19.0. The summed E-state index contributed by atoms with van der Waals surface area (Å²) in [5, 5.41) is 10.7. The molecule has 0 saturated heterocycles. The van der Waals surface area contributed by atoms with Crippen LogP contribution in [0.15, 0.2) is 66.7 Å². The first-order valence-corrected chi connectivity index (χ1v) is 11.1. The molecule has 0 spiro atoms. The van der Waals surface area contributed by atoms with Gasteiger partial charge in [0.1, 0.15) is 11.5 Å². The van der Waals surface area contributed by atoms with Gasteiger partial charge in [-0.05, 0) is 73.5 Å². The fraction of sp³-hybridized carbons (Fsp3) is 0.185.